The Morgan fingerprint density at radius 1 is 1.24 bits per heavy atom. The fraction of sp³-hybridized carbons (Fsp3) is 0.357. The Kier molecular flexibility index (Phi) is 4.23. The van der Waals surface area contributed by atoms with E-state index in [1.54, 1.807) is 25.2 Å². The lowest BCUT2D eigenvalue weighted by Gasteiger charge is -2.33. The zero-order valence-electron chi connectivity index (χ0n) is 11.8. The van der Waals surface area contributed by atoms with Crippen LogP contribution in [0, 0.1) is 0 Å². The van der Waals surface area contributed by atoms with Crippen molar-refractivity contribution in [3.8, 4) is 0 Å². The highest BCUT2D eigenvalue weighted by molar-refractivity contribution is 6.05. The number of esters is 1. The van der Waals surface area contributed by atoms with Crippen LogP contribution in [0.5, 0.6) is 0 Å². The van der Waals surface area contributed by atoms with Crippen molar-refractivity contribution < 1.29 is 24.2 Å². The first-order chi connectivity index (χ1) is 9.95. The number of hydrogen-bond acceptors (Lipinski definition) is 5. The number of para-hydroxylation sites is 1. The number of rotatable bonds is 3. The predicted octanol–water partition coefficient (Wildman–Crippen LogP) is -0.302. The van der Waals surface area contributed by atoms with Gasteiger partial charge in [-0.15, -0.1) is 0 Å². The highest BCUT2D eigenvalue weighted by Crippen LogP contribution is 2.28. The van der Waals surface area contributed by atoms with Crippen molar-refractivity contribution in [1.82, 2.24) is 4.90 Å². The smallest absolute Gasteiger partial charge is 0.339 e. The van der Waals surface area contributed by atoms with Gasteiger partial charge in [-0.1, -0.05) is 18.2 Å². The van der Waals surface area contributed by atoms with Crippen LogP contribution < -0.4 is 4.90 Å². The molecular formula is C14H16N2O5. The predicted molar refractivity (Wildman–Crippen MR) is 73.4 cm³/mol. The molecular weight excluding hydrogens is 276 g/mol. The minimum Gasteiger partial charge on any atom is -0.467 e. The fourth-order valence-electron chi connectivity index (χ4n) is 2.14. The number of carbonyl (C=O) groups is 3. The largest absolute Gasteiger partial charge is 0.467 e. The molecule has 0 bridgehead atoms. The lowest BCUT2D eigenvalue weighted by molar-refractivity contribution is -0.150. The summed E-state index contributed by atoms with van der Waals surface area (Å²) in [5.74, 6) is -1.31. The van der Waals surface area contributed by atoms with E-state index >= 15 is 0 Å². The van der Waals surface area contributed by atoms with Crippen molar-refractivity contribution in [3.63, 3.8) is 0 Å². The van der Waals surface area contributed by atoms with Crippen LogP contribution in [0.1, 0.15) is 11.7 Å². The number of anilines is 1. The van der Waals surface area contributed by atoms with Crippen molar-refractivity contribution in [2.45, 2.75) is 6.10 Å². The number of ether oxygens (including phenoxy) is 1. The molecule has 0 spiro atoms. The zero-order chi connectivity index (χ0) is 15.6. The summed E-state index contributed by atoms with van der Waals surface area (Å²) in [4.78, 5) is 38.0. The minimum atomic E-state index is -1.51. The molecule has 0 saturated carbocycles. The average Bonchev–Trinajstić information content (AvgIpc) is 2.49. The minimum absolute atomic E-state index is 0.0402. The molecule has 1 atom stereocenters. The van der Waals surface area contributed by atoms with Gasteiger partial charge in [0.05, 0.1) is 19.3 Å². The Hall–Kier alpha value is -2.41. The molecule has 0 radical (unpaired) electrons. The van der Waals surface area contributed by atoms with Crippen LogP contribution in [0.2, 0.25) is 0 Å². The highest BCUT2D eigenvalue weighted by atomic mass is 16.5. The second-order valence-electron chi connectivity index (χ2n) is 4.71. The van der Waals surface area contributed by atoms with Gasteiger partial charge < -0.3 is 19.6 Å². The summed E-state index contributed by atoms with van der Waals surface area (Å²) in [5.41, 5.74) is 0.567. The molecule has 2 rings (SSSR count). The number of aliphatic hydroxyl groups is 1. The maximum absolute atomic E-state index is 12.1. The third-order valence-corrected chi connectivity index (χ3v) is 3.34. The number of nitrogens with zero attached hydrogens (tertiary/aromatic N) is 2. The average molecular weight is 292 g/mol. The highest BCUT2D eigenvalue weighted by Gasteiger charge is 2.32. The molecule has 7 heteroatoms. The van der Waals surface area contributed by atoms with Crippen molar-refractivity contribution in [2.75, 3.05) is 32.1 Å². The number of aliphatic hydroxyl groups excluding tert-OH is 1. The van der Waals surface area contributed by atoms with Gasteiger partial charge in [0.15, 0.2) is 6.10 Å². The third-order valence-electron chi connectivity index (χ3n) is 3.34. The number of piperazine rings is 1. The van der Waals surface area contributed by atoms with Gasteiger partial charge in [0.2, 0.25) is 11.8 Å². The van der Waals surface area contributed by atoms with Gasteiger partial charge in [-0.2, -0.15) is 0 Å². The van der Waals surface area contributed by atoms with Gasteiger partial charge in [-0.05, 0) is 6.07 Å². The Labute approximate surface area is 121 Å². The van der Waals surface area contributed by atoms with Gasteiger partial charge in [-0.25, -0.2) is 4.79 Å². The first kappa shape index (κ1) is 15.0. The van der Waals surface area contributed by atoms with Crippen LogP contribution in [-0.2, 0) is 19.1 Å². The van der Waals surface area contributed by atoms with E-state index in [1.165, 1.54) is 23.0 Å². The van der Waals surface area contributed by atoms with E-state index < -0.39 is 12.1 Å². The topological polar surface area (TPSA) is 87.2 Å². The van der Waals surface area contributed by atoms with Gasteiger partial charge >= 0.3 is 5.97 Å². The summed E-state index contributed by atoms with van der Waals surface area (Å²) in [5, 5.41) is 10.00. The van der Waals surface area contributed by atoms with E-state index in [4.69, 9.17) is 0 Å². The standard InChI is InChI=1S/C14H16N2O5/c1-15-7-12(18)16(8-11(15)17)10-6-4-3-5-9(10)13(19)14(20)21-2/h3-6,13,19H,7-8H2,1-2H3. The summed E-state index contributed by atoms with van der Waals surface area (Å²) in [6.07, 6.45) is -1.51. The number of amides is 2. The molecule has 1 aromatic rings. The monoisotopic (exact) mass is 292 g/mol. The van der Waals surface area contributed by atoms with Crippen molar-refractivity contribution >= 4 is 23.5 Å². The maximum atomic E-state index is 12.1. The van der Waals surface area contributed by atoms with Crippen molar-refractivity contribution in [3.05, 3.63) is 29.8 Å². The molecule has 2 amide bonds. The number of hydrogen-bond donors (Lipinski definition) is 1. The third kappa shape index (κ3) is 2.87. The molecule has 21 heavy (non-hydrogen) atoms. The van der Waals surface area contributed by atoms with Crippen molar-refractivity contribution in [1.29, 1.82) is 0 Å². The number of carbonyl (C=O) groups excluding carboxylic acids is 3. The van der Waals surface area contributed by atoms with E-state index in [0.717, 1.165) is 0 Å². The van der Waals surface area contributed by atoms with Crippen LogP contribution in [0.4, 0.5) is 5.69 Å². The van der Waals surface area contributed by atoms with Crippen molar-refractivity contribution in [2.24, 2.45) is 0 Å². The second-order valence-corrected chi connectivity index (χ2v) is 4.71. The maximum Gasteiger partial charge on any atom is 0.339 e. The van der Waals surface area contributed by atoms with Crippen LogP contribution in [-0.4, -0.2) is 55.0 Å². The Morgan fingerprint density at radius 3 is 2.57 bits per heavy atom. The molecule has 1 aliphatic heterocycles. The van der Waals surface area contributed by atoms with Crippen LogP contribution in [0.25, 0.3) is 0 Å². The summed E-state index contributed by atoms with van der Waals surface area (Å²) in [6, 6.07) is 6.40. The molecule has 1 N–H and O–H groups in total. The Balaban J connectivity index is 2.38. The lowest BCUT2D eigenvalue weighted by atomic mass is 10.1. The lowest BCUT2D eigenvalue weighted by Crippen LogP contribution is -2.52. The number of methoxy groups -OCH3 is 1. The number of likely N-dealkylation sites (N-methyl/N-ethyl adjacent to an activating group) is 1. The molecule has 112 valence electrons. The summed E-state index contributed by atoms with van der Waals surface area (Å²) in [7, 11) is 2.71. The van der Waals surface area contributed by atoms with E-state index in [1.807, 2.05) is 0 Å². The molecule has 0 aromatic heterocycles. The first-order valence-electron chi connectivity index (χ1n) is 6.35. The molecule has 1 aliphatic rings. The molecule has 1 aromatic carbocycles. The first-order valence-corrected chi connectivity index (χ1v) is 6.35. The number of benzene rings is 1. The molecule has 1 unspecified atom stereocenters. The van der Waals surface area contributed by atoms with Crippen LogP contribution in [0.15, 0.2) is 24.3 Å². The second kappa shape index (κ2) is 5.92. The van der Waals surface area contributed by atoms with Gasteiger partial charge in [0.25, 0.3) is 0 Å². The quantitative estimate of drug-likeness (QED) is 0.773. The van der Waals surface area contributed by atoms with Crippen LogP contribution >= 0.6 is 0 Å². The summed E-state index contributed by atoms with van der Waals surface area (Å²) < 4.78 is 4.51. The zero-order valence-corrected chi connectivity index (χ0v) is 11.8. The van der Waals surface area contributed by atoms with Gasteiger partial charge in [0, 0.05) is 12.6 Å². The molecule has 1 fully saturated rings. The molecule has 7 nitrogen and oxygen atoms in total. The van der Waals surface area contributed by atoms with E-state index in [9.17, 15) is 19.5 Å². The molecule has 1 heterocycles. The Morgan fingerprint density at radius 2 is 1.90 bits per heavy atom. The fourth-order valence-corrected chi connectivity index (χ4v) is 2.14. The van der Waals surface area contributed by atoms with E-state index in [0.29, 0.717) is 5.69 Å². The summed E-state index contributed by atoms with van der Waals surface area (Å²) in [6.45, 7) is -0.165. The van der Waals surface area contributed by atoms with Gasteiger partial charge in [0.1, 0.15) is 6.54 Å². The van der Waals surface area contributed by atoms with Gasteiger partial charge in [-0.3, -0.25) is 9.59 Å². The normalized spacial score (nSPS) is 16.9. The summed E-state index contributed by atoms with van der Waals surface area (Å²) >= 11 is 0. The SMILES string of the molecule is COC(=O)C(O)c1ccccc1N1CC(=O)N(C)CC1=O. The molecule has 1 saturated heterocycles. The van der Waals surface area contributed by atoms with E-state index in [-0.39, 0.29) is 30.5 Å². The van der Waals surface area contributed by atoms with E-state index in [2.05, 4.69) is 4.74 Å². The Bertz CT molecular complexity index is 586. The molecule has 0 aliphatic carbocycles. The van der Waals surface area contributed by atoms with Crippen LogP contribution in [0.3, 0.4) is 0 Å².